The fourth-order valence-corrected chi connectivity index (χ4v) is 3.88. The van der Waals surface area contributed by atoms with Crippen molar-refractivity contribution in [3.05, 3.63) is 92.8 Å². The van der Waals surface area contributed by atoms with Crippen molar-refractivity contribution in [2.45, 2.75) is 13.1 Å². The van der Waals surface area contributed by atoms with E-state index in [0.717, 1.165) is 10.2 Å². The largest absolute Gasteiger partial charge is 0.330 e. The van der Waals surface area contributed by atoms with Gasteiger partial charge in [-0.2, -0.15) is 10.2 Å². The molecule has 0 radical (unpaired) electrons. The second-order valence-electron chi connectivity index (χ2n) is 7.07. The highest BCUT2D eigenvalue weighted by Gasteiger charge is 2.19. The molecule has 34 heavy (non-hydrogen) atoms. The van der Waals surface area contributed by atoms with Crippen LogP contribution in [0.5, 0.6) is 0 Å². The van der Waals surface area contributed by atoms with E-state index in [0.29, 0.717) is 27.5 Å². The summed E-state index contributed by atoms with van der Waals surface area (Å²) in [6.45, 7) is -0.00124. The summed E-state index contributed by atoms with van der Waals surface area (Å²) >= 11 is 14.9. The van der Waals surface area contributed by atoms with E-state index in [1.165, 1.54) is 12.4 Å². The maximum atomic E-state index is 13.9. The molecular formula is C21H14BrClF4N6S. The Bertz CT molecular complexity index is 1380. The number of rotatable bonds is 6. The van der Waals surface area contributed by atoms with Crippen LogP contribution in [0.4, 0.5) is 29.1 Å². The molecule has 176 valence electrons. The Balaban J connectivity index is 1.40. The van der Waals surface area contributed by atoms with Crippen LogP contribution in [0.15, 0.2) is 53.4 Å². The van der Waals surface area contributed by atoms with E-state index in [9.17, 15) is 17.6 Å². The molecule has 2 N–H and O–H groups in total. The van der Waals surface area contributed by atoms with Gasteiger partial charge in [0, 0.05) is 29.0 Å². The fraction of sp³-hybridized carbons (Fsp3) is 0.0952. The first-order valence-electron chi connectivity index (χ1n) is 9.60. The predicted molar refractivity (Wildman–Crippen MR) is 128 cm³/mol. The molecule has 0 amide bonds. The van der Waals surface area contributed by atoms with Gasteiger partial charge in [-0.25, -0.2) is 17.6 Å². The third-order valence-electron chi connectivity index (χ3n) is 4.66. The van der Waals surface area contributed by atoms with Crippen LogP contribution in [0.1, 0.15) is 11.1 Å². The summed E-state index contributed by atoms with van der Waals surface area (Å²) in [6.07, 6.45) is 4.52. The Morgan fingerprint density at radius 1 is 1.00 bits per heavy atom. The van der Waals surface area contributed by atoms with Crippen molar-refractivity contribution in [2.75, 3.05) is 10.6 Å². The summed E-state index contributed by atoms with van der Waals surface area (Å²) in [6, 6.07) is 7.71. The van der Waals surface area contributed by atoms with Gasteiger partial charge >= 0.3 is 0 Å². The van der Waals surface area contributed by atoms with Crippen LogP contribution in [-0.2, 0) is 13.1 Å². The standard InChI is InChI=1S/C21H14BrClF4N6S/c22-14-10-33(7-11-3-1-2-4-15(11)23)31-20(14)30-21(34)29-12-6-28-32(8-12)9-13-16(24)5-17(25)19(27)18(13)26/h1-6,8,10H,7,9H2,(H2,29,30,31,34). The molecule has 0 aliphatic rings. The summed E-state index contributed by atoms with van der Waals surface area (Å²) in [5.74, 6) is -5.71. The summed E-state index contributed by atoms with van der Waals surface area (Å²) in [5, 5.41) is 15.0. The lowest BCUT2D eigenvalue weighted by Crippen LogP contribution is -2.19. The molecule has 4 aromatic rings. The van der Waals surface area contributed by atoms with Crippen molar-refractivity contribution >= 4 is 56.4 Å². The molecule has 4 rings (SSSR count). The number of aromatic nitrogens is 4. The highest BCUT2D eigenvalue weighted by Crippen LogP contribution is 2.23. The van der Waals surface area contributed by atoms with Gasteiger partial charge in [0.2, 0.25) is 0 Å². The molecule has 0 unspecified atom stereocenters. The molecule has 2 heterocycles. The van der Waals surface area contributed by atoms with Crippen LogP contribution in [0, 0.1) is 23.3 Å². The summed E-state index contributed by atoms with van der Waals surface area (Å²) in [7, 11) is 0. The number of nitrogens with zero attached hydrogens (tertiary/aromatic N) is 4. The van der Waals surface area contributed by atoms with Crippen LogP contribution in [0.3, 0.4) is 0 Å². The molecule has 0 bridgehead atoms. The lowest BCUT2D eigenvalue weighted by Gasteiger charge is -2.08. The van der Waals surface area contributed by atoms with E-state index in [2.05, 4.69) is 36.8 Å². The van der Waals surface area contributed by atoms with Gasteiger partial charge in [0.15, 0.2) is 28.4 Å². The van der Waals surface area contributed by atoms with E-state index in [1.807, 2.05) is 18.2 Å². The van der Waals surface area contributed by atoms with Crippen molar-refractivity contribution in [1.29, 1.82) is 0 Å². The smallest absolute Gasteiger partial charge is 0.194 e. The van der Waals surface area contributed by atoms with Crippen LogP contribution in [-0.4, -0.2) is 24.7 Å². The molecule has 0 fully saturated rings. The highest BCUT2D eigenvalue weighted by molar-refractivity contribution is 9.10. The van der Waals surface area contributed by atoms with Crippen molar-refractivity contribution in [3.8, 4) is 0 Å². The average Bonchev–Trinajstić information content (AvgIpc) is 3.37. The molecule has 0 aliphatic heterocycles. The molecule has 13 heteroatoms. The Labute approximate surface area is 209 Å². The fourth-order valence-electron chi connectivity index (χ4n) is 3.06. The first kappa shape index (κ1) is 24.2. The lowest BCUT2D eigenvalue weighted by molar-refractivity contribution is 0.420. The van der Waals surface area contributed by atoms with Crippen molar-refractivity contribution in [2.24, 2.45) is 0 Å². The van der Waals surface area contributed by atoms with Crippen molar-refractivity contribution in [3.63, 3.8) is 0 Å². The molecule has 0 saturated carbocycles. The quantitative estimate of drug-likeness (QED) is 0.129. The maximum absolute atomic E-state index is 13.9. The molecular weight excluding hydrogens is 560 g/mol. The summed E-state index contributed by atoms with van der Waals surface area (Å²) in [4.78, 5) is 0. The van der Waals surface area contributed by atoms with E-state index < -0.39 is 35.4 Å². The molecule has 2 aromatic carbocycles. The average molecular weight is 574 g/mol. The van der Waals surface area contributed by atoms with Crippen LogP contribution in [0.25, 0.3) is 0 Å². The minimum absolute atomic E-state index is 0.174. The van der Waals surface area contributed by atoms with E-state index in [-0.39, 0.29) is 11.2 Å². The maximum Gasteiger partial charge on any atom is 0.194 e. The number of anilines is 2. The first-order valence-corrected chi connectivity index (χ1v) is 11.2. The normalized spacial score (nSPS) is 11.0. The summed E-state index contributed by atoms with van der Waals surface area (Å²) < 4.78 is 57.8. The zero-order chi connectivity index (χ0) is 24.4. The highest BCUT2D eigenvalue weighted by atomic mass is 79.9. The zero-order valence-electron chi connectivity index (χ0n) is 17.0. The van der Waals surface area contributed by atoms with Crippen LogP contribution >= 0.6 is 39.7 Å². The van der Waals surface area contributed by atoms with Gasteiger partial charge in [-0.1, -0.05) is 29.8 Å². The van der Waals surface area contributed by atoms with Gasteiger partial charge in [-0.05, 0) is 39.8 Å². The molecule has 0 aliphatic carbocycles. The topological polar surface area (TPSA) is 59.7 Å². The third-order valence-corrected chi connectivity index (χ3v) is 5.81. The zero-order valence-corrected chi connectivity index (χ0v) is 20.2. The Morgan fingerprint density at radius 3 is 2.53 bits per heavy atom. The Hall–Kier alpha value is -2.96. The number of nitrogens with one attached hydrogen (secondary N) is 2. The molecule has 0 spiro atoms. The minimum Gasteiger partial charge on any atom is -0.330 e. The van der Waals surface area contributed by atoms with Gasteiger partial charge < -0.3 is 10.6 Å². The molecule has 0 atom stereocenters. The Morgan fingerprint density at radius 2 is 1.76 bits per heavy atom. The molecule has 2 aromatic heterocycles. The SMILES string of the molecule is Fc1cc(F)c(Cn2cc(NC(=S)Nc3nn(Cc4ccccc4Cl)cc3Br)cn2)c(F)c1F. The number of thiocarbonyl (C=S) groups is 1. The number of hydrogen-bond acceptors (Lipinski definition) is 3. The predicted octanol–water partition coefficient (Wildman–Crippen LogP) is 5.96. The summed E-state index contributed by atoms with van der Waals surface area (Å²) in [5.41, 5.74) is 0.641. The number of benzene rings is 2. The Kier molecular flexibility index (Phi) is 7.19. The molecule has 6 nitrogen and oxygen atoms in total. The van der Waals surface area contributed by atoms with E-state index in [4.69, 9.17) is 23.8 Å². The second kappa shape index (κ2) is 10.1. The van der Waals surface area contributed by atoms with E-state index >= 15 is 0 Å². The van der Waals surface area contributed by atoms with Crippen molar-refractivity contribution in [1.82, 2.24) is 19.6 Å². The van der Waals surface area contributed by atoms with Crippen LogP contribution < -0.4 is 10.6 Å². The molecule has 0 saturated heterocycles. The van der Waals surface area contributed by atoms with Gasteiger partial charge in [0.25, 0.3) is 0 Å². The third kappa shape index (κ3) is 5.40. The second-order valence-corrected chi connectivity index (χ2v) is 8.74. The monoisotopic (exact) mass is 572 g/mol. The van der Waals surface area contributed by atoms with Gasteiger partial charge in [0.1, 0.15) is 5.82 Å². The van der Waals surface area contributed by atoms with Gasteiger partial charge in [0.05, 0.1) is 29.4 Å². The lowest BCUT2D eigenvalue weighted by atomic mass is 10.2. The van der Waals surface area contributed by atoms with E-state index in [1.54, 1.807) is 16.9 Å². The minimum atomic E-state index is -1.74. The van der Waals surface area contributed by atoms with Crippen LogP contribution in [0.2, 0.25) is 5.02 Å². The number of halogens is 6. The van der Waals surface area contributed by atoms with Gasteiger partial charge in [-0.15, -0.1) is 0 Å². The first-order chi connectivity index (χ1) is 16.2. The van der Waals surface area contributed by atoms with Gasteiger partial charge in [-0.3, -0.25) is 9.36 Å². The van der Waals surface area contributed by atoms with Crippen molar-refractivity contribution < 1.29 is 17.6 Å². The number of hydrogen-bond donors (Lipinski definition) is 2.